The van der Waals surface area contributed by atoms with Crippen LogP contribution in [-0.4, -0.2) is 48.1 Å². The molecule has 5 N–H and O–H groups in total. The van der Waals surface area contributed by atoms with E-state index < -0.39 is 0 Å². The summed E-state index contributed by atoms with van der Waals surface area (Å²) in [6.07, 6.45) is 8.05. The molecular weight excluding hydrogens is 312 g/mol. The van der Waals surface area contributed by atoms with E-state index in [9.17, 15) is 9.59 Å². The van der Waals surface area contributed by atoms with Gasteiger partial charge in [0.15, 0.2) is 0 Å². The molecule has 0 saturated carbocycles. The van der Waals surface area contributed by atoms with E-state index in [1.807, 2.05) is 11.8 Å². The van der Waals surface area contributed by atoms with Crippen molar-refractivity contribution in [3.8, 4) is 0 Å². The Morgan fingerprint density at radius 3 is 2.83 bits per heavy atom. The van der Waals surface area contributed by atoms with Crippen molar-refractivity contribution in [2.24, 2.45) is 5.73 Å². The van der Waals surface area contributed by atoms with Gasteiger partial charge in [0.05, 0.1) is 12.1 Å². The largest absolute Gasteiger partial charge is 0.356 e. The van der Waals surface area contributed by atoms with Gasteiger partial charge in [-0.3, -0.25) is 4.79 Å². The molecule has 0 spiro atoms. The molecule has 2 saturated heterocycles. The Kier molecular flexibility index (Phi) is 8.02. The highest BCUT2D eigenvalue weighted by molar-refractivity contribution is 8.00. The predicted molar refractivity (Wildman–Crippen MR) is 94.5 cm³/mol. The Morgan fingerprint density at radius 1 is 1.17 bits per heavy atom. The van der Waals surface area contributed by atoms with Gasteiger partial charge >= 0.3 is 6.03 Å². The number of urea groups is 1. The van der Waals surface area contributed by atoms with Crippen LogP contribution in [0.15, 0.2) is 0 Å². The van der Waals surface area contributed by atoms with E-state index in [0.29, 0.717) is 17.7 Å². The molecule has 0 radical (unpaired) electrons. The van der Waals surface area contributed by atoms with E-state index in [4.69, 9.17) is 5.73 Å². The van der Waals surface area contributed by atoms with Crippen LogP contribution in [0.3, 0.4) is 0 Å². The third-order valence-corrected chi connectivity index (χ3v) is 6.04. The summed E-state index contributed by atoms with van der Waals surface area (Å²) < 4.78 is 0. The first-order valence-corrected chi connectivity index (χ1v) is 9.91. The SMILES string of the molecule is NCCCCCCNC(=O)CCCC[C@@H]1SCC2NC(=O)N[C@@H]21. The quantitative estimate of drug-likeness (QED) is 0.337. The van der Waals surface area contributed by atoms with Crippen LogP contribution in [0.1, 0.15) is 51.4 Å². The molecule has 132 valence electrons. The van der Waals surface area contributed by atoms with Crippen molar-refractivity contribution in [3.05, 3.63) is 0 Å². The van der Waals surface area contributed by atoms with Crippen molar-refractivity contribution in [1.82, 2.24) is 16.0 Å². The Bertz CT molecular complexity index is 394. The predicted octanol–water partition coefficient (Wildman–Crippen LogP) is 1.35. The molecule has 0 bridgehead atoms. The summed E-state index contributed by atoms with van der Waals surface area (Å²) >= 11 is 1.93. The summed E-state index contributed by atoms with van der Waals surface area (Å²) in [5.41, 5.74) is 5.44. The lowest BCUT2D eigenvalue weighted by Crippen LogP contribution is -2.36. The van der Waals surface area contributed by atoms with Crippen molar-refractivity contribution in [1.29, 1.82) is 0 Å². The smallest absolute Gasteiger partial charge is 0.315 e. The number of carbonyl (C=O) groups excluding carboxylic acids is 2. The molecule has 7 heteroatoms. The standard InChI is InChI=1S/C16H30N4O2S/c17-9-5-1-2-6-10-18-14(21)8-4-3-7-13-15-12(11-23-13)19-16(22)20-15/h12-13,15H,1-11,17H2,(H,18,21)(H2,19,20,22)/t12?,13-,15-/m0/s1. The van der Waals surface area contributed by atoms with Crippen molar-refractivity contribution in [2.75, 3.05) is 18.8 Å². The van der Waals surface area contributed by atoms with Gasteiger partial charge in [0.2, 0.25) is 5.91 Å². The first-order valence-electron chi connectivity index (χ1n) is 8.86. The fourth-order valence-electron chi connectivity index (χ4n) is 3.21. The Labute approximate surface area is 143 Å². The summed E-state index contributed by atoms with van der Waals surface area (Å²) in [4.78, 5) is 23.1. The molecule has 6 nitrogen and oxygen atoms in total. The zero-order valence-electron chi connectivity index (χ0n) is 13.8. The van der Waals surface area contributed by atoms with Gasteiger partial charge in [-0.2, -0.15) is 11.8 Å². The monoisotopic (exact) mass is 342 g/mol. The van der Waals surface area contributed by atoms with E-state index in [2.05, 4.69) is 16.0 Å². The lowest BCUT2D eigenvalue weighted by atomic mass is 10.0. The highest BCUT2D eigenvalue weighted by Crippen LogP contribution is 2.33. The number of fused-ring (bicyclic) bond motifs is 1. The molecule has 0 aromatic rings. The topological polar surface area (TPSA) is 96.2 Å². The normalized spacial score (nSPS) is 25.8. The van der Waals surface area contributed by atoms with E-state index in [1.54, 1.807) is 0 Å². The first-order chi connectivity index (χ1) is 11.2. The Morgan fingerprint density at radius 2 is 2.00 bits per heavy atom. The fourth-order valence-corrected chi connectivity index (χ4v) is 4.76. The van der Waals surface area contributed by atoms with Gasteiger partial charge in [0.25, 0.3) is 0 Å². The van der Waals surface area contributed by atoms with Crippen LogP contribution in [0, 0.1) is 0 Å². The number of carbonyl (C=O) groups is 2. The van der Waals surface area contributed by atoms with Crippen LogP contribution in [0.4, 0.5) is 4.79 Å². The highest BCUT2D eigenvalue weighted by Gasteiger charge is 2.42. The number of hydrogen-bond acceptors (Lipinski definition) is 4. The highest BCUT2D eigenvalue weighted by atomic mass is 32.2. The van der Waals surface area contributed by atoms with E-state index in [1.165, 1.54) is 0 Å². The average Bonchev–Trinajstić information content (AvgIpc) is 3.07. The minimum absolute atomic E-state index is 0.0314. The van der Waals surface area contributed by atoms with Gasteiger partial charge in [-0.15, -0.1) is 0 Å². The van der Waals surface area contributed by atoms with Crippen molar-refractivity contribution in [2.45, 2.75) is 68.7 Å². The second kappa shape index (κ2) is 10.0. The maximum absolute atomic E-state index is 11.8. The van der Waals surface area contributed by atoms with Gasteiger partial charge < -0.3 is 21.7 Å². The number of unbranched alkanes of at least 4 members (excludes halogenated alkanes) is 4. The summed E-state index contributed by atoms with van der Waals surface area (Å²) in [7, 11) is 0. The maximum atomic E-state index is 11.8. The van der Waals surface area contributed by atoms with Gasteiger partial charge in [-0.25, -0.2) is 4.79 Å². The molecule has 2 fully saturated rings. The van der Waals surface area contributed by atoms with Crippen molar-refractivity contribution in [3.63, 3.8) is 0 Å². The zero-order chi connectivity index (χ0) is 16.5. The molecular formula is C16H30N4O2S. The molecule has 0 aromatic carbocycles. The van der Waals surface area contributed by atoms with Gasteiger partial charge in [0, 0.05) is 24.0 Å². The van der Waals surface area contributed by atoms with E-state index in [0.717, 1.165) is 63.8 Å². The van der Waals surface area contributed by atoms with Crippen LogP contribution in [-0.2, 0) is 4.79 Å². The summed E-state index contributed by atoms with van der Waals surface area (Å²) in [6.45, 7) is 1.54. The summed E-state index contributed by atoms with van der Waals surface area (Å²) in [5, 5.41) is 9.44. The molecule has 23 heavy (non-hydrogen) atoms. The molecule has 0 aliphatic carbocycles. The third kappa shape index (κ3) is 6.22. The lowest BCUT2D eigenvalue weighted by molar-refractivity contribution is -0.121. The zero-order valence-corrected chi connectivity index (χ0v) is 14.6. The van der Waals surface area contributed by atoms with Crippen molar-refractivity contribution >= 4 is 23.7 Å². The van der Waals surface area contributed by atoms with Gasteiger partial charge in [0.1, 0.15) is 0 Å². The number of nitrogens with two attached hydrogens (primary N) is 1. The molecule has 2 aliphatic heterocycles. The molecule has 1 unspecified atom stereocenters. The summed E-state index contributed by atoms with van der Waals surface area (Å²) in [6, 6.07) is 0.533. The minimum atomic E-state index is -0.0314. The molecule has 3 atom stereocenters. The van der Waals surface area contributed by atoms with Crippen LogP contribution >= 0.6 is 11.8 Å². The number of thioether (sulfide) groups is 1. The average molecular weight is 343 g/mol. The van der Waals surface area contributed by atoms with Gasteiger partial charge in [-0.1, -0.05) is 19.3 Å². The minimum Gasteiger partial charge on any atom is -0.356 e. The molecule has 3 amide bonds. The second-order valence-corrected chi connectivity index (χ2v) is 7.69. The molecule has 2 aliphatic rings. The summed E-state index contributed by atoms with van der Waals surface area (Å²) in [5.74, 6) is 1.16. The van der Waals surface area contributed by atoms with Crippen LogP contribution < -0.4 is 21.7 Å². The third-order valence-electron chi connectivity index (χ3n) is 4.53. The van der Waals surface area contributed by atoms with Crippen LogP contribution in [0.25, 0.3) is 0 Å². The van der Waals surface area contributed by atoms with Crippen LogP contribution in [0.5, 0.6) is 0 Å². The lowest BCUT2D eigenvalue weighted by Gasteiger charge is -2.16. The molecule has 0 aromatic heterocycles. The molecule has 2 rings (SSSR count). The Hall–Kier alpha value is -0.950. The molecule has 2 heterocycles. The second-order valence-electron chi connectivity index (χ2n) is 6.42. The Balaban J connectivity index is 1.46. The number of hydrogen-bond donors (Lipinski definition) is 4. The number of rotatable bonds is 11. The van der Waals surface area contributed by atoms with Crippen LogP contribution in [0.2, 0.25) is 0 Å². The number of amides is 3. The maximum Gasteiger partial charge on any atom is 0.315 e. The van der Waals surface area contributed by atoms with Gasteiger partial charge in [-0.05, 0) is 32.2 Å². The number of nitrogens with one attached hydrogen (secondary N) is 3. The fraction of sp³-hybridized carbons (Fsp3) is 0.875. The first kappa shape index (κ1) is 18.4. The van der Waals surface area contributed by atoms with E-state index in [-0.39, 0.29) is 18.0 Å². The van der Waals surface area contributed by atoms with Crippen molar-refractivity contribution < 1.29 is 9.59 Å². The van der Waals surface area contributed by atoms with E-state index >= 15 is 0 Å².